The summed E-state index contributed by atoms with van der Waals surface area (Å²) in [5, 5.41) is 14.6. The quantitative estimate of drug-likeness (QED) is 0.670. The second-order valence-electron chi connectivity index (χ2n) is 5.23. The molecule has 0 saturated heterocycles. The molecule has 1 amide bonds. The number of benzene rings is 1. The first kappa shape index (κ1) is 17.2. The third-order valence-corrected chi connectivity index (χ3v) is 3.32. The zero-order chi connectivity index (χ0) is 18.4. The van der Waals surface area contributed by atoms with Crippen LogP contribution in [0.4, 0.5) is 5.69 Å². The number of tetrazole rings is 1. The van der Waals surface area contributed by atoms with Crippen molar-refractivity contribution < 1.29 is 14.3 Å². The summed E-state index contributed by atoms with van der Waals surface area (Å²) in [5.41, 5.74) is 1.55. The van der Waals surface area contributed by atoms with E-state index < -0.39 is 5.97 Å². The van der Waals surface area contributed by atoms with Crippen LogP contribution in [0.25, 0.3) is 11.4 Å². The summed E-state index contributed by atoms with van der Waals surface area (Å²) in [6, 6.07) is 10.1. The van der Waals surface area contributed by atoms with Crippen LogP contribution in [0.2, 0.25) is 0 Å². The Balaban J connectivity index is 1.64. The first-order valence-electron chi connectivity index (χ1n) is 7.91. The fourth-order valence-electron chi connectivity index (χ4n) is 2.19. The molecule has 1 N–H and O–H groups in total. The van der Waals surface area contributed by atoms with Gasteiger partial charge in [0.15, 0.2) is 0 Å². The molecule has 0 atom stereocenters. The van der Waals surface area contributed by atoms with Crippen LogP contribution in [0.1, 0.15) is 17.3 Å². The largest absolute Gasteiger partial charge is 0.462 e. The molecular formula is C17H16N6O3. The van der Waals surface area contributed by atoms with E-state index in [1.807, 2.05) is 0 Å². The fraction of sp³-hybridized carbons (Fsp3) is 0.176. The highest BCUT2D eigenvalue weighted by molar-refractivity contribution is 5.94. The van der Waals surface area contributed by atoms with E-state index in [0.29, 0.717) is 22.6 Å². The molecule has 2 aromatic heterocycles. The zero-order valence-electron chi connectivity index (χ0n) is 14.0. The minimum atomic E-state index is -0.442. The highest BCUT2D eigenvalue weighted by atomic mass is 16.5. The molecule has 3 aromatic rings. The normalized spacial score (nSPS) is 10.3. The Morgan fingerprint density at radius 2 is 2.12 bits per heavy atom. The van der Waals surface area contributed by atoms with E-state index in [0.717, 1.165) is 0 Å². The lowest BCUT2D eigenvalue weighted by molar-refractivity contribution is -0.117. The van der Waals surface area contributed by atoms with E-state index >= 15 is 0 Å². The number of ether oxygens (including phenoxy) is 1. The van der Waals surface area contributed by atoms with Crippen molar-refractivity contribution in [3.05, 3.63) is 54.4 Å². The predicted molar refractivity (Wildman–Crippen MR) is 92.1 cm³/mol. The minimum Gasteiger partial charge on any atom is -0.462 e. The van der Waals surface area contributed by atoms with Gasteiger partial charge in [-0.15, -0.1) is 10.2 Å². The number of aromatic nitrogens is 5. The summed E-state index contributed by atoms with van der Waals surface area (Å²) in [5.74, 6) is -0.404. The molecular weight excluding hydrogens is 336 g/mol. The lowest BCUT2D eigenvalue weighted by atomic mass is 10.2. The molecule has 0 aliphatic carbocycles. The Morgan fingerprint density at radius 3 is 2.88 bits per heavy atom. The van der Waals surface area contributed by atoms with Gasteiger partial charge in [0.2, 0.25) is 11.7 Å². The number of carbonyl (C=O) groups is 2. The highest BCUT2D eigenvalue weighted by Crippen LogP contribution is 2.13. The van der Waals surface area contributed by atoms with Crippen LogP contribution in [0.5, 0.6) is 0 Å². The fourth-order valence-corrected chi connectivity index (χ4v) is 2.19. The SMILES string of the molecule is CCOC(=O)c1cccc(NC(=O)Cn2nnc(-c3cccnc3)n2)c1. The molecule has 9 heteroatoms. The minimum absolute atomic E-state index is 0.114. The second-order valence-corrected chi connectivity index (χ2v) is 5.23. The second kappa shape index (κ2) is 7.97. The first-order valence-corrected chi connectivity index (χ1v) is 7.91. The number of pyridine rings is 1. The number of rotatable bonds is 6. The summed E-state index contributed by atoms with van der Waals surface area (Å²) >= 11 is 0. The Bertz CT molecular complexity index is 910. The van der Waals surface area contributed by atoms with E-state index in [1.54, 1.807) is 55.7 Å². The Labute approximate surface area is 149 Å². The van der Waals surface area contributed by atoms with Crippen molar-refractivity contribution in [3.8, 4) is 11.4 Å². The number of esters is 1. The monoisotopic (exact) mass is 352 g/mol. The van der Waals surface area contributed by atoms with Gasteiger partial charge in [0.1, 0.15) is 6.54 Å². The van der Waals surface area contributed by atoms with Gasteiger partial charge in [-0.3, -0.25) is 9.78 Å². The number of anilines is 1. The van der Waals surface area contributed by atoms with Gasteiger partial charge in [0.25, 0.3) is 0 Å². The maximum Gasteiger partial charge on any atom is 0.338 e. The third kappa shape index (κ3) is 4.26. The summed E-state index contributed by atoms with van der Waals surface area (Å²) < 4.78 is 4.94. The third-order valence-electron chi connectivity index (χ3n) is 3.32. The molecule has 132 valence electrons. The van der Waals surface area contributed by atoms with E-state index in [-0.39, 0.29) is 19.1 Å². The summed E-state index contributed by atoms with van der Waals surface area (Å²) in [6.45, 7) is 1.90. The highest BCUT2D eigenvalue weighted by Gasteiger charge is 2.11. The summed E-state index contributed by atoms with van der Waals surface area (Å²) in [4.78, 5) is 29.1. The predicted octanol–water partition coefficient (Wildman–Crippen LogP) is 1.55. The average Bonchev–Trinajstić information content (AvgIpc) is 3.11. The molecule has 1 aromatic carbocycles. The van der Waals surface area contributed by atoms with E-state index in [4.69, 9.17) is 4.74 Å². The number of nitrogens with one attached hydrogen (secondary N) is 1. The van der Waals surface area contributed by atoms with E-state index in [9.17, 15) is 9.59 Å². The topological polar surface area (TPSA) is 112 Å². The van der Waals surface area contributed by atoms with Gasteiger partial charge in [-0.05, 0) is 42.5 Å². The molecule has 9 nitrogen and oxygen atoms in total. The zero-order valence-corrected chi connectivity index (χ0v) is 14.0. The summed E-state index contributed by atoms with van der Waals surface area (Å²) in [6.07, 6.45) is 3.26. The molecule has 0 aliphatic heterocycles. The molecule has 0 fully saturated rings. The van der Waals surface area contributed by atoms with E-state index in [2.05, 4.69) is 25.7 Å². The van der Waals surface area contributed by atoms with Crippen molar-refractivity contribution in [2.24, 2.45) is 0 Å². The van der Waals surface area contributed by atoms with Crippen LogP contribution in [0.15, 0.2) is 48.8 Å². The van der Waals surface area contributed by atoms with Crippen molar-refractivity contribution in [2.75, 3.05) is 11.9 Å². The van der Waals surface area contributed by atoms with Gasteiger partial charge in [0.05, 0.1) is 12.2 Å². The standard InChI is InChI=1S/C17H16N6O3/c1-2-26-17(25)12-5-3-7-14(9-12)19-15(24)11-23-21-16(20-22-23)13-6-4-8-18-10-13/h3-10H,2,11H2,1H3,(H,19,24). The molecule has 0 unspecified atom stereocenters. The Kier molecular flexibility index (Phi) is 5.28. The smallest absolute Gasteiger partial charge is 0.338 e. The van der Waals surface area contributed by atoms with Crippen LogP contribution in [0, 0.1) is 0 Å². The lowest BCUT2D eigenvalue weighted by Gasteiger charge is -2.06. The number of nitrogens with zero attached hydrogens (tertiary/aromatic N) is 5. The molecule has 3 rings (SSSR count). The van der Waals surface area contributed by atoms with Crippen LogP contribution < -0.4 is 5.32 Å². The van der Waals surface area contributed by atoms with Crippen LogP contribution >= 0.6 is 0 Å². The molecule has 2 heterocycles. The van der Waals surface area contributed by atoms with Gasteiger partial charge in [-0.2, -0.15) is 4.80 Å². The van der Waals surface area contributed by atoms with Gasteiger partial charge in [-0.1, -0.05) is 6.07 Å². The lowest BCUT2D eigenvalue weighted by Crippen LogP contribution is -2.20. The number of hydrogen-bond donors (Lipinski definition) is 1. The van der Waals surface area contributed by atoms with Gasteiger partial charge in [-0.25, -0.2) is 4.79 Å². The van der Waals surface area contributed by atoms with Gasteiger partial charge in [0, 0.05) is 23.6 Å². The van der Waals surface area contributed by atoms with Crippen LogP contribution in [-0.4, -0.2) is 43.7 Å². The maximum atomic E-state index is 12.2. The molecule has 26 heavy (non-hydrogen) atoms. The number of carbonyl (C=O) groups excluding carboxylic acids is 2. The molecule has 0 radical (unpaired) electrons. The van der Waals surface area contributed by atoms with Gasteiger partial charge < -0.3 is 10.1 Å². The first-order chi connectivity index (χ1) is 12.7. The molecule has 0 bridgehead atoms. The van der Waals surface area contributed by atoms with Crippen molar-refractivity contribution in [1.29, 1.82) is 0 Å². The average molecular weight is 352 g/mol. The molecule has 0 spiro atoms. The van der Waals surface area contributed by atoms with Crippen LogP contribution in [-0.2, 0) is 16.1 Å². The number of amides is 1. The van der Waals surface area contributed by atoms with Crippen molar-refractivity contribution in [3.63, 3.8) is 0 Å². The Morgan fingerprint density at radius 1 is 1.23 bits per heavy atom. The summed E-state index contributed by atoms with van der Waals surface area (Å²) in [7, 11) is 0. The van der Waals surface area contributed by atoms with Crippen LogP contribution in [0.3, 0.4) is 0 Å². The number of hydrogen-bond acceptors (Lipinski definition) is 7. The Hall–Kier alpha value is -3.62. The molecule has 0 saturated carbocycles. The maximum absolute atomic E-state index is 12.2. The molecule has 0 aliphatic rings. The van der Waals surface area contributed by atoms with Gasteiger partial charge >= 0.3 is 5.97 Å². The van der Waals surface area contributed by atoms with Crippen molar-refractivity contribution >= 4 is 17.6 Å². The van der Waals surface area contributed by atoms with Crippen molar-refractivity contribution in [2.45, 2.75) is 13.5 Å². The van der Waals surface area contributed by atoms with Crippen molar-refractivity contribution in [1.82, 2.24) is 25.2 Å². The van der Waals surface area contributed by atoms with E-state index in [1.165, 1.54) is 4.80 Å².